The first-order chi connectivity index (χ1) is 3.18. The highest BCUT2D eigenvalue weighted by molar-refractivity contribution is 14.2. The summed E-state index contributed by atoms with van der Waals surface area (Å²) in [7, 11) is 0. The highest BCUT2D eigenvalue weighted by Crippen LogP contribution is 2.06. The molecule has 0 saturated heterocycles. The Labute approximate surface area is 83.1 Å². The van der Waals surface area contributed by atoms with Crippen molar-refractivity contribution in [1.82, 2.24) is 4.86 Å². The largest absolute Gasteiger partial charge is 0.344 e. The van der Waals surface area contributed by atoms with Crippen LogP contribution in [0, 0.1) is 0 Å². The van der Waals surface area contributed by atoms with E-state index in [2.05, 4.69) is 3.53 Å². The third kappa shape index (κ3) is 4.00. The lowest BCUT2D eigenvalue weighted by Crippen LogP contribution is -2.17. The van der Waals surface area contributed by atoms with Crippen molar-refractivity contribution in [2.24, 2.45) is 0 Å². The molecule has 0 aromatic rings. The SMILES string of the molecule is O=C(NI)N(I)I. The van der Waals surface area contributed by atoms with Gasteiger partial charge in [-0.25, -0.2) is 6.12 Å². The summed E-state index contributed by atoms with van der Waals surface area (Å²) in [4.78, 5) is 10.3. The Morgan fingerprint density at radius 1 is 1.57 bits per heavy atom. The Morgan fingerprint density at radius 3 is 2.00 bits per heavy atom. The highest BCUT2D eigenvalue weighted by Gasteiger charge is 2.00. The molecule has 3 nitrogen and oxygen atoms in total. The van der Waals surface area contributed by atoms with E-state index in [1.807, 2.05) is 45.7 Å². The smallest absolute Gasteiger partial charge is 0.279 e. The van der Waals surface area contributed by atoms with Gasteiger partial charge in [-0.1, -0.05) is 0 Å². The van der Waals surface area contributed by atoms with Crippen molar-refractivity contribution in [2.45, 2.75) is 0 Å². The molecule has 6 heteroatoms. The predicted molar refractivity (Wildman–Crippen MR) is 52.4 cm³/mol. The standard InChI is InChI=1S/CHI3N2O/c2-5-1(7)6(3)4/h(H,5,7). The number of nitrogens with zero attached hydrogens (tertiary/aromatic N) is 1. The van der Waals surface area contributed by atoms with Crippen molar-refractivity contribution in [1.29, 1.82) is 0 Å². The maximum Gasteiger partial charge on any atom is 0.344 e. The van der Waals surface area contributed by atoms with Crippen molar-refractivity contribution >= 4 is 74.6 Å². The Kier molecular flexibility index (Phi) is 5.26. The van der Waals surface area contributed by atoms with Crippen LogP contribution in [0.3, 0.4) is 0 Å². The summed E-state index contributed by atoms with van der Waals surface area (Å²) in [6, 6.07) is -0.109. The Morgan fingerprint density at radius 2 is 2.00 bits per heavy atom. The van der Waals surface area contributed by atoms with E-state index in [4.69, 9.17) is 0 Å². The maximum absolute atomic E-state index is 10.3. The molecule has 0 aliphatic rings. The molecular weight excluding hydrogens is 437 g/mol. The first-order valence-corrected chi connectivity index (χ1v) is 4.21. The van der Waals surface area contributed by atoms with Crippen molar-refractivity contribution in [3.63, 3.8) is 0 Å². The number of amides is 2. The van der Waals surface area contributed by atoms with Gasteiger partial charge in [0.1, 0.15) is 0 Å². The maximum atomic E-state index is 10.3. The van der Waals surface area contributed by atoms with Gasteiger partial charge in [0, 0.05) is 0 Å². The molecule has 0 radical (unpaired) electrons. The van der Waals surface area contributed by atoms with Gasteiger partial charge in [0.2, 0.25) is 0 Å². The fourth-order valence-corrected chi connectivity index (χ4v) is 1.44. The van der Waals surface area contributed by atoms with Gasteiger partial charge in [0.25, 0.3) is 0 Å². The lowest BCUT2D eigenvalue weighted by molar-refractivity contribution is 0.248. The Bertz CT molecular complexity index is 73.3. The monoisotopic (exact) mass is 438 g/mol. The van der Waals surface area contributed by atoms with Crippen molar-refractivity contribution in [3.8, 4) is 0 Å². The molecule has 2 amide bonds. The van der Waals surface area contributed by atoms with E-state index < -0.39 is 0 Å². The zero-order valence-corrected chi connectivity index (χ0v) is 9.46. The molecule has 7 heavy (non-hydrogen) atoms. The van der Waals surface area contributed by atoms with Crippen LogP contribution >= 0.6 is 68.6 Å². The number of nitrogens with one attached hydrogen (secondary N) is 1. The highest BCUT2D eigenvalue weighted by atomic mass is 127. The molecule has 1 N–H and O–H groups in total. The van der Waals surface area contributed by atoms with Gasteiger partial charge in [-0.3, -0.25) is 3.53 Å². The van der Waals surface area contributed by atoms with Crippen LogP contribution in [-0.2, 0) is 0 Å². The van der Waals surface area contributed by atoms with E-state index >= 15 is 0 Å². The predicted octanol–water partition coefficient (Wildman–Crippen LogP) is 2.05. The first kappa shape index (κ1) is 8.46. The molecule has 0 saturated carbocycles. The second-order valence-electron chi connectivity index (χ2n) is 0.633. The number of rotatable bonds is 0. The minimum absolute atomic E-state index is 0.109. The molecule has 0 fully saturated rings. The van der Waals surface area contributed by atoms with E-state index in [0.717, 1.165) is 0 Å². The summed E-state index contributed by atoms with van der Waals surface area (Å²) in [5.41, 5.74) is 0. The number of carbonyl (C=O) groups excluding carboxylic acids is 1. The molecule has 0 unspecified atom stereocenters. The van der Waals surface area contributed by atoms with Crippen LogP contribution in [0.15, 0.2) is 0 Å². The minimum atomic E-state index is -0.109. The lowest BCUT2D eigenvalue weighted by atomic mass is 11.2. The van der Waals surface area contributed by atoms with Gasteiger partial charge in [-0.15, -0.1) is 0 Å². The number of hydrogen-bond donors (Lipinski definition) is 1. The van der Waals surface area contributed by atoms with Crippen LogP contribution in [0.25, 0.3) is 0 Å². The average Bonchev–Trinajstić information content (AvgIpc) is 1.65. The molecule has 0 aromatic heterocycles. The zero-order chi connectivity index (χ0) is 5.86. The van der Waals surface area contributed by atoms with E-state index in [9.17, 15) is 4.79 Å². The normalized spacial score (nSPS) is 7.86. The fourth-order valence-electron chi connectivity index (χ4n) is 0.0319. The molecule has 0 aromatic carbocycles. The van der Waals surface area contributed by atoms with Gasteiger partial charge < -0.3 is 0 Å². The molecule has 0 aliphatic heterocycles. The van der Waals surface area contributed by atoms with Gasteiger partial charge in [-0.05, 0) is 0 Å². The molecular formula is CHI3N2O. The van der Waals surface area contributed by atoms with Gasteiger partial charge >= 0.3 is 6.03 Å². The van der Waals surface area contributed by atoms with E-state index in [1.165, 1.54) is 1.33 Å². The second kappa shape index (κ2) is 4.35. The summed E-state index contributed by atoms with van der Waals surface area (Å²) in [5, 5.41) is 0. The Balaban J connectivity index is 3.35. The third-order valence-electron chi connectivity index (χ3n) is 0.234. The molecule has 0 atom stereocenters. The van der Waals surface area contributed by atoms with Crippen molar-refractivity contribution in [2.75, 3.05) is 0 Å². The molecule has 0 aliphatic carbocycles. The zero-order valence-electron chi connectivity index (χ0n) is 2.99. The van der Waals surface area contributed by atoms with E-state index in [-0.39, 0.29) is 6.03 Å². The first-order valence-electron chi connectivity index (χ1n) is 1.20. The number of urea groups is 1. The lowest BCUT2D eigenvalue weighted by Gasteiger charge is -1.99. The van der Waals surface area contributed by atoms with E-state index in [0.29, 0.717) is 0 Å². The fraction of sp³-hybridized carbons (Fsp3) is 0. The number of hydrogen-bond acceptors (Lipinski definition) is 1. The molecule has 0 spiro atoms. The van der Waals surface area contributed by atoms with Crippen LogP contribution in [0.4, 0.5) is 4.79 Å². The van der Waals surface area contributed by atoms with Crippen LogP contribution in [0.2, 0.25) is 0 Å². The number of halogens is 3. The number of carbonyl (C=O) groups is 1. The molecule has 0 bridgehead atoms. The molecule has 0 rings (SSSR count). The van der Waals surface area contributed by atoms with Crippen molar-refractivity contribution < 1.29 is 4.79 Å². The molecule has 0 heterocycles. The van der Waals surface area contributed by atoms with Crippen molar-refractivity contribution in [3.05, 3.63) is 0 Å². The second-order valence-corrected chi connectivity index (χ2v) is 4.95. The summed E-state index contributed by atoms with van der Waals surface area (Å²) in [5.74, 6) is 0. The van der Waals surface area contributed by atoms with Crippen LogP contribution < -0.4 is 3.53 Å². The third-order valence-corrected chi connectivity index (χ3v) is 1.57. The molecule has 42 valence electrons. The van der Waals surface area contributed by atoms with E-state index in [1.54, 1.807) is 22.9 Å². The van der Waals surface area contributed by atoms with Crippen LogP contribution in [0.1, 0.15) is 0 Å². The summed E-state index contributed by atoms with van der Waals surface area (Å²) in [6.45, 7) is 0. The average molecular weight is 438 g/mol. The van der Waals surface area contributed by atoms with Crippen LogP contribution in [-0.4, -0.2) is 7.36 Å². The summed E-state index contributed by atoms with van der Waals surface area (Å²) in [6.07, 6.45) is 0. The summed E-state index contributed by atoms with van der Waals surface area (Å²) < 4.78 is 3.81. The van der Waals surface area contributed by atoms with Crippen LogP contribution in [0.5, 0.6) is 0 Å². The van der Waals surface area contributed by atoms with Gasteiger partial charge in [-0.2, -0.15) is 0 Å². The quantitative estimate of drug-likeness (QED) is 0.457. The topological polar surface area (TPSA) is 32.3 Å². The minimum Gasteiger partial charge on any atom is -0.279 e. The van der Waals surface area contributed by atoms with Gasteiger partial charge in [0.15, 0.2) is 0 Å². The Hall–Kier alpha value is 1.46. The summed E-state index contributed by atoms with van der Waals surface area (Å²) >= 11 is 5.52. The van der Waals surface area contributed by atoms with Gasteiger partial charge in [0.05, 0.1) is 68.6 Å².